The third-order valence-corrected chi connectivity index (χ3v) is 5.36. The number of likely N-dealkylation sites (N-methyl/N-ethyl adjacent to an activating group) is 1. The van der Waals surface area contributed by atoms with Crippen molar-refractivity contribution in [3.8, 4) is 0 Å². The van der Waals surface area contributed by atoms with E-state index in [9.17, 15) is 19.2 Å². The number of esters is 1. The van der Waals surface area contributed by atoms with E-state index in [4.69, 9.17) is 4.74 Å². The van der Waals surface area contributed by atoms with Crippen LogP contribution in [0.15, 0.2) is 54.6 Å². The molecular weight excluding hydrogens is 398 g/mol. The van der Waals surface area contributed by atoms with Gasteiger partial charge in [-0.3, -0.25) is 19.3 Å². The lowest BCUT2D eigenvalue weighted by atomic mass is 9.92. The van der Waals surface area contributed by atoms with Crippen LogP contribution in [0.2, 0.25) is 0 Å². The fourth-order valence-corrected chi connectivity index (χ4v) is 3.37. The zero-order valence-corrected chi connectivity index (χ0v) is 17.8. The minimum atomic E-state index is -1.26. The van der Waals surface area contributed by atoms with Crippen molar-refractivity contribution in [2.24, 2.45) is 0 Å². The van der Waals surface area contributed by atoms with Gasteiger partial charge in [0.15, 0.2) is 6.61 Å². The number of nitrogens with one attached hydrogen (secondary N) is 1. The van der Waals surface area contributed by atoms with E-state index < -0.39 is 36.6 Å². The van der Waals surface area contributed by atoms with Crippen LogP contribution in [0.1, 0.15) is 23.6 Å². The number of rotatable bonds is 7. The summed E-state index contributed by atoms with van der Waals surface area (Å²) in [6.07, 6.45) is 0. The summed E-state index contributed by atoms with van der Waals surface area (Å²) in [5.41, 5.74) is 1.39. The van der Waals surface area contributed by atoms with Crippen LogP contribution in [0.3, 0.4) is 0 Å². The van der Waals surface area contributed by atoms with Gasteiger partial charge in [0.2, 0.25) is 0 Å². The maximum absolute atomic E-state index is 12.8. The largest absolute Gasteiger partial charge is 0.454 e. The first kappa shape index (κ1) is 22.0. The van der Waals surface area contributed by atoms with Crippen LogP contribution >= 0.6 is 0 Å². The minimum Gasteiger partial charge on any atom is -0.454 e. The molecule has 1 saturated heterocycles. The van der Waals surface area contributed by atoms with E-state index in [0.717, 1.165) is 16.0 Å². The number of hydrogen-bond donors (Lipinski definition) is 1. The molecule has 0 saturated carbocycles. The lowest BCUT2D eigenvalue weighted by molar-refractivity contribution is -0.153. The van der Waals surface area contributed by atoms with Crippen LogP contribution in [-0.4, -0.2) is 53.8 Å². The molecule has 1 aliphatic heterocycles. The number of imide groups is 1. The summed E-state index contributed by atoms with van der Waals surface area (Å²) in [5, 5.41) is 2.62. The van der Waals surface area contributed by atoms with Gasteiger partial charge in [-0.2, -0.15) is 0 Å². The molecule has 0 aromatic heterocycles. The first-order valence-corrected chi connectivity index (χ1v) is 9.86. The lowest BCUT2D eigenvalue weighted by Gasteiger charge is -2.22. The van der Waals surface area contributed by atoms with Crippen molar-refractivity contribution in [1.82, 2.24) is 15.1 Å². The predicted octanol–water partition coefficient (Wildman–Crippen LogP) is 1.96. The number of benzene rings is 2. The molecule has 2 aromatic rings. The van der Waals surface area contributed by atoms with E-state index in [1.807, 2.05) is 31.2 Å². The highest BCUT2D eigenvalue weighted by atomic mass is 16.5. The van der Waals surface area contributed by atoms with Gasteiger partial charge in [0.25, 0.3) is 11.8 Å². The van der Waals surface area contributed by atoms with Crippen molar-refractivity contribution < 1.29 is 23.9 Å². The van der Waals surface area contributed by atoms with E-state index in [1.165, 1.54) is 4.90 Å². The molecule has 0 spiro atoms. The van der Waals surface area contributed by atoms with E-state index in [-0.39, 0.29) is 5.91 Å². The number of carbonyl (C=O) groups excluding carboxylic acids is 4. The number of ether oxygens (including phenoxy) is 1. The Balaban J connectivity index is 1.55. The SMILES string of the molecule is Cc1ccccc1CN(C)C(=O)COC(=O)CN1C(=O)N[C@@](C)(c2ccccc2)C1=O. The fraction of sp³-hybridized carbons (Fsp3) is 0.304. The summed E-state index contributed by atoms with van der Waals surface area (Å²) < 4.78 is 5.02. The number of urea groups is 1. The third kappa shape index (κ3) is 4.74. The first-order chi connectivity index (χ1) is 14.7. The van der Waals surface area contributed by atoms with Gasteiger partial charge in [-0.25, -0.2) is 4.79 Å². The van der Waals surface area contributed by atoms with Gasteiger partial charge in [0, 0.05) is 13.6 Å². The van der Waals surface area contributed by atoms with Crippen molar-refractivity contribution >= 4 is 23.8 Å². The molecule has 1 heterocycles. The average Bonchev–Trinajstić information content (AvgIpc) is 2.98. The Kier molecular flexibility index (Phi) is 6.39. The highest BCUT2D eigenvalue weighted by Crippen LogP contribution is 2.28. The third-order valence-electron chi connectivity index (χ3n) is 5.36. The molecule has 0 unspecified atom stereocenters. The molecule has 1 aliphatic rings. The Bertz CT molecular complexity index is 1010. The lowest BCUT2D eigenvalue weighted by Crippen LogP contribution is -2.42. The molecule has 1 fully saturated rings. The predicted molar refractivity (Wildman–Crippen MR) is 113 cm³/mol. The second kappa shape index (κ2) is 8.99. The van der Waals surface area contributed by atoms with E-state index in [0.29, 0.717) is 12.1 Å². The van der Waals surface area contributed by atoms with Gasteiger partial charge < -0.3 is 15.0 Å². The summed E-state index contributed by atoms with van der Waals surface area (Å²) in [5.74, 6) is -1.77. The number of amides is 4. The molecule has 0 radical (unpaired) electrons. The number of nitrogens with zero attached hydrogens (tertiary/aromatic N) is 2. The van der Waals surface area contributed by atoms with Crippen LogP contribution in [0.4, 0.5) is 4.79 Å². The highest BCUT2D eigenvalue weighted by molar-refractivity contribution is 6.08. The summed E-state index contributed by atoms with van der Waals surface area (Å²) in [4.78, 5) is 51.9. The van der Waals surface area contributed by atoms with Crippen LogP contribution in [-0.2, 0) is 31.2 Å². The smallest absolute Gasteiger partial charge is 0.326 e. The van der Waals surface area contributed by atoms with Crippen LogP contribution < -0.4 is 5.32 Å². The summed E-state index contributed by atoms with van der Waals surface area (Å²) in [6, 6.07) is 15.8. The van der Waals surface area contributed by atoms with E-state index in [2.05, 4.69) is 5.32 Å². The van der Waals surface area contributed by atoms with Crippen LogP contribution in [0, 0.1) is 6.92 Å². The normalized spacial score (nSPS) is 18.0. The molecule has 8 heteroatoms. The first-order valence-electron chi connectivity index (χ1n) is 9.86. The number of hydrogen-bond acceptors (Lipinski definition) is 5. The average molecular weight is 423 g/mol. The van der Waals surface area contributed by atoms with Gasteiger partial charge in [-0.05, 0) is 30.5 Å². The molecule has 0 bridgehead atoms. The second-order valence-corrected chi connectivity index (χ2v) is 7.65. The molecule has 162 valence electrons. The molecule has 31 heavy (non-hydrogen) atoms. The van der Waals surface area contributed by atoms with Gasteiger partial charge in [0.1, 0.15) is 12.1 Å². The number of carbonyl (C=O) groups is 4. The van der Waals surface area contributed by atoms with Gasteiger partial charge >= 0.3 is 12.0 Å². The topological polar surface area (TPSA) is 96.0 Å². The maximum atomic E-state index is 12.8. The summed E-state index contributed by atoms with van der Waals surface area (Å²) >= 11 is 0. The number of aryl methyl sites for hydroxylation is 1. The summed E-state index contributed by atoms with van der Waals surface area (Å²) in [7, 11) is 1.62. The second-order valence-electron chi connectivity index (χ2n) is 7.65. The molecule has 1 N–H and O–H groups in total. The molecule has 3 rings (SSSR count). The molecule has 2 aromatic carbocycles. The van der Waals surface area contributed by atoms with Gasteiger partial charge in [-0.1, -0.05) is 54.6 Å². The quantitative estimate of drug-likeness (QED) is 0.543. The molecule has 4 amide bonds. The Morgan fingerprint density at radius 1 is 1.06 bits per heavy atom. The molecule has 8 nitrogen and oxygen atoms in total. The van der Waals surface area contributed by atoms with Crippen molar-refractivity contribution in [3.05, 3.63) is 71.3 Å². The zero-order chi connectivity index (χ0) is 22.6. The van der Waals surface area contributed by atoms with Crippen LogP contribution in [0.5, 0.6) is 0 Å². The molecule has 0 aliphatic carbocycles. The maximum Gasteiger partial charge on any atom is 0.326 e. The van der Waals surface area contributed by atoms with Crippen molar-refractivity contribution in [2.75, 3.05) is 20.2 Å². The van der Waals surface area contributed by atoms with Crippen molar-refractivity contribution in [1.29, 1.82) is 0 Å². The van der Waals surface area contributed by atoms with E-state index in [1.54, 1.807) is 44.3 Å². The molecule has 1 atom stereocenters. The Morgan fingerprint density at radius 3 is 2.39 bits per heavy atom. The molecular formula is C23H25N3O5. The van der Waals surface area contributed by atoms with Crippen molar-refractivity contribution in [3.63, 3.8) is 0 Å². The Morgan fingerprint density at radius 2 is 1.71 bits per heavy atom. The van der Waals surface area contributed by atoms with E-state index >= 15 is 0 Å². The Labute approximate surface area is 180 Å². The van der Waals surface area contributed by atoms with Crippen LogP contribution in [0.25, 0.3) is 0 Å². The Hall–Kier alpha value is -3.68. The van der Waals surface area contributed by atoms with Gasteiger partial charge in [-0.15, -0.1) is 0 Å². The monoisotopic (exact) mass is 423 g/mol. The zero-order valence-electron chi connectivity index (χ0n) is 17.8. The highest BCUT2D eigenvalue weighted by Gasteiger charge is 2.49. The fourth-order valence-electron chi connectivity index (χ4n) is 3.37. The van der Waals surface area contributed by atoms with Gasteiger partial charge in [0.05, 0.1) is 0 Å². The summed E-state index contributed by atoms with van der Waals surface area (Å²) in [6.45, 7) is 2.88. The minimum absolute atomic E-state index is 0.380. The van der Waals surface area contributed by atoms with Crippen molar-refractivity contribution in [2.45, 2.75) is 25.9 Å². The standard InChI is InChI=1S/C23H25N3O5/c1-16-9-7-8-10-17(16)13-25(3)19(27)15-31-20(28)14-26-21(29)23(2,24-22(26)30)18-11-5-4-6-12-18/h4-12H,13-15H2,1-3H3,(H,24,30)/t23-/m0/s1.